The Hall–Kier alpha value is -3.29. The second-order valence-corrected chi connectivity index (χ2v) is 6.36. The van der Waals surface area contributed by atoms with Crippen LogP contribution in [0.3, 0.4) is 0 Å². The molecule has 1 aromatic heterocycles. The summed E-state index contributed by atoms with van der Waals surface area (Å²) in [5, 5.41) is 0. The van der Waals surface area contributed by atoms with Crippen molar-refractivity contribution in [2.75, 3.05) is 19.1 Å². The van der Waals surface area contributed by atoms with Gasteiger partial charge in [-0.05, 0) is 5.56 Å². The molecule has 3 heterocycles. The first kappa shape index (κ1) is 16.2. The number of rotatable bonds is 3. The maximum absolute atomic E-state index is 13.0. The van der Waals surface area contributed by atoms with E-state index in [9.17, 15) is 14.4 Å². The fourth-order valence-electron chi connectivity index (χ4n) is 3.15. The van der Waals surface area contributed by atoms with Gasteiger partial charge in [-0.3, -0.25) is 24.0 Å². The third-order valence-electron chi connectivity index (χ3n) is 4.57. The van der Waals surface area contributed by atoms with Gasteiger partial charge in [-0.2, -0.15) is 0 Å². The molecule has 1 saturated heterocycles. The molecule has 1 fully saturated rings. The Balaban J connectivity index is 1.68. The van der Waals surface area contributed by atoms with E-state index in [1.54, 1.807) is 7.05 Å². The zero-order valence-corrected chi connectivity index (χ0v) is 14.2. The highest BCUT2D eigenvalue weighted by atomic mass is 16.5. The zero-order chi connectivity index (χ0) is 18.3. The van der Waals surface area contributed by atoms with Crippen LogP contribution in [0.5, 0.6) is 5.75 Å². The van der Waals surface area contributed by atoms with E-state index < -0.39 is 6.17 Å². The van der Waals surface area contributed by atoms with E-state index in [4.69, 9.17) is 4.74 Å². The van der Waals surface area contributed by atoms with Crippen molar-refractivity contribution in [1.82, 2.24) is 14.5 Å². The van der Waals surface area contributed by atoms with Gasteiger partial charge in [0.2, 0.25) is 11.3 Å². The number of aromatic nitrogens is 1. The fourth-order valence-corrected chi connectivity index (χ4v) is 3.15. The topological polar surface area (TPSA) is 83.9 Å². The predicted octanol–water partition coefficient (Wildman–Crippen LogP) is 0.572. The molecule has 0 aliphatic carbocycles. The molecular formula is C18H18N4O4. The first-order valence-corrected chi connectivity index (χ1v) is 8.28. The van der Waals surface area contributed by atoms with E-state index in [0.29, 0.717) is 0 Å². The summed E-state index contributed by atoms with van der Waals surface area (Å²) in [7, 11) is 1.64. The Morgan fingerprint density at radius 1 is 1.15 bits per heavy atom. The Bertz CT molecular complexity index is 925. The number of nitrogens with one attached hydrogen (secondary N) is 1. The summed E-state index contributed by atoms with van der Waals surface area (Å²) in [6.07, 6.45) is 1.22. The van der Waals surface area contributed by atoms with Crippen molar-refractivity contribution in [3.63, 3.8) is 0 Å². The molecule has 1 aromatic carbocycles. The molecule has 0 spiro atoms. The molecule has 0 unspecified atom stereocenters. The third-order valence-corrected chi connectivity index (χ3v) is 4.57. The number of carbonyl (C=O) groups is 2. The standard InChI is InChI=1S/C18H18N4O4/c1-20-11-21-14(9-15(20)24)19-22-8-7-13(23)17(16(22)18(21)25)26-10-12-5-3-2-4-6-12/h2-8,14,19H,9-11H2,1H3/t14-/m0/s1. The van der Waals surface area contributed by atoms with Gasteiger partial charge in [0.25, 0.3) is 5.91 Å². The quantitative estimate of drug-likeness (QED) is 0.871. The van der Waals surface area contributed by atoms with E-state index >= 15 is 0 Å². The van der Waals surface area contributed by atoms with Crippen molar-refractivity contribution < 1.29 is 14.3 Å². The van der Waals surface area contributed by atoms with Gasteiger partial charge < -0.3 is 15.1 Å². The van der Waals surface area contributed by atoms with E-state index in [1.165, 1.54) is 26.7 Å². The molecule has 2 aromatic rings. The number of ether oxygens (including phenoxy) is 1. The third kappa shape index (κ3) is 2.69. The Morgan fingerprint density at radius 3 is 2.69 bits per heavy atom. The molecule has 0 saturated carbocycles. The minimum absolute atomic E-state index is 0.00635. The van der Waals surface area contributed by atoms with Gasteiger partial charge in [0.05, 0.1) is 13.1 Å². The lowest BCUT2D eigenvalue weighted by Crippen LogP contribution is -2.62. The van der Waals surface area contributed by atoms with Crippen molar-refractivity contribution in [3.8, 4) is 5.75 Å². The summed E-state index contributed by atoms with van der Waals surface area (Å²) in [6.45, 7) is 0.346. The lowest BCUT2D eigenvalue weighted by Gasteiger charge is -2.44. The minimum Gasteiger partial charge on any atom is -0.482 e. The number of fused-ring (bicyclic) bond motifs is 2. The number of nitrogens with zero attached hydrogens (tertiary/aromatic N) is 3. The highest BCUT2D eigenvalue weighted by Gasteiger charge is 2.40. The maximum Gasteiger partial charge on any atom is 0.279 e. The molecule has 2 aliphatic heterocycles. The molecule has 8 nitrogen and oxygen atoms in total. The van der Waals surface area contributed by atoms with Crippen LogP contribution in [0.1, 0.15) is 22.5 Å². The lowest BCUT2D eigenvalue weighted by molar-refractivity contribution is -0.137. The average molecular weight is 354 g/mol. The van der Waals surface area contributed by atoms with Crippen LogP contribution in [0.25, 0.3) is 0 Å². The molecule has 0 radical (unpaired) electrons. The van der Waals surface area contributed by atoms with Crippen LogP contribution in [0.15, 0.2) is 47.4 Å². The van der Waals surface area contributed by atoms with Gasteiger partial charge in [-0.25, -0.2) is 0 Å². The Labute approximate surface area is 149 Å². The normalized spacial score (nSPS) is 18.9. The van der Waals surface area contributed by atoms with Crippen molar-refractivity contribution in [3.05, 3.63) is 64.1 Å². The molecule has 2 amide bonds. The Morgan fingerprint density at radius 2 is 1.92 bits per heavy atom. The van der Waals surface area contributed by atoms with E-state index in [0.717, 1.165) is 5.56 Å². The van der Waals surface area contributed by atoms with Gasteiger partial charge in [-0.15, -0.1) is 0 Å². The van der Waals surface area contributed by atoms with Crippen LogP contribution in [0.2, 0.25) is 0 Å². The van der Waals surface area contributed by atoms with Gasteiger partial charge in [-0.1, -0.05) is 30.3 Å². The highest BCUT2D eigenvalue weighted by molar-refractivity contribution is 5.97. The molecule has 0 bridgehead atoms. The second kappa shape index (κ2) is 6.21. The minimum atomic E-state index is -0.442. The van der Waals surface area contributed by atoms with Crippen LogP contribution < -0.4 is 15.6 Å². The van der Waals surface area contributed by atoms with Crippen molar-refractivity contribution in [1.29, 1.82) is 0 Å². The summed E-state index contributed by atoms with van der Waals surface area (Å²) >= 11 is 0. The van der Waals surface area contributed by atoms with Gasteiger partial charge in [0, 0.05) is 19.3 Å². The number of carbonyl (C=O) groups excluding carboxylic acids is 2. The van der Waals surface area contributed by atoms with E-state index in [2.05, 4.69) is 5.43 Å². The zero-order valence-electron chi connectivity index (χ0n) is 14.2. The average Bonchev–Trinajstić information content (AvgIpc) is 2.64. The molecule has 134 valence electrons. The first-order chi connectivity index (χ1) is 12.5. The predicted molar refractivity (Wildman–Crippen MR) is 93.0 cm³/mol. The number of hydrogen-bond acceptors (Lipinski definition) is 5. The molecule has 8 heteroatoms. The fraction of sp³-hybridized carbons (Fsp3) is 0.278. The van der Waals surface area contributed by atoms with E-state index in [1.807, 2.05) is 30.3 Å². The van der Waals surface area contributed by atoms with E-state index in [-0.39, 0.29) is 48.4 Å². The number of hydrogen-bond donors (Lipinski definition) is 1. The summed E-state index contributed by atoms with van der Waals surface area (Å²) in [5.41, 5.74) is 3.78. The molecule has 4 rings (SSSR count). The van der Waals surface area contributed by atoms with Crippen LogP contribution >= 0.6 is 0 Å². The van der Waals surface area contributed by atoms with Crippen LogP contribution in [-0.2, 0) is 11.4 Å². The molecular weight excluding hydrogens is 336 g/mol. The molecule has 1 atom stereocenters. The second-order valence-electron chi connectivity index (χ2n) is 6.36. The summed E-state index contributed by atoms with van der Waals surface area (Å²) < 4.78 is 7.19. The largest absolute Gasteiger partial charge is 0.482 e. The summed E-state index contributed by atoms with van der Waals surface area (Å²) in [6, 6.07) is 10.8. The van der Waals surface area contributed by atoms with Crippen molar-refractivity contribution in [2.45, 2.75) is 19.2 Å². The number of benzene rings is 1. The van der Waals surface area contributed by atoms with Gasteiger partial charge >= 0.3 is 0 Å². The highest BCUT2D eigenvalue weighted by Crippen LogP contribution is 2.25. The number of amides is 2. The molecule has 2 aliphatic rings. The lowest BCUT2D eigenvalue weighted by atomic mass is 10.1. The van der Waals surface area contributed by atoms with Crippen LogP contribution in [-0.4, -0.2) is 46.2 Å². The summed E-state index contributed by atoms with van der Waals surface area (Å²) in [4.78, 5) is 40.3. The number of pyridine rings is 1. The van der Waals surface area contributed by atoms with Gasteiger partial charge in [0.15, 0.2) is 11.4 Å². The molecule has 1 N–H and O–H groups in total. The van der Waals surface area contributed by atoms with Crippen LogP contribution in [0.4, 0.5) is 0 Å². The van der Waals surface area contributed by atoms with Crippen molar-refractivity contribution in [2.24, 2.45) is 0 Å². The Kier molecular flexibility index (Phi) is 3.87. The SMILES string of the molecule is CN1CN2C(=O)c3c(OCc4ccccc4)c(=O)ccn3N[C@@H]2CC1=O. The molecule has 26 heavy (non-hydrogen) atoms. The monoisotopic (exact) mass is 354 g/mol. The first-order valence-electron chi connectivity index (χ1n) is 8.28. The van der Waals surface area contributed by atoms with Crippen LogP contribution in [0, 0.1) is 0 Å². The maximum atomic E-state index is 13.0. The van der Waals surface area contributed by atoms with Crippen molar-refractivity contribution >= 4 is 11.8 Å². The van der Waals surface area contributed by atoms with Gasteiger partial charge in [0.1, 0.15) is 12.8 Å². The summed E-state index contributed by atoms with van der Waals surface area (Å²) in [5.74, 6) is -0.377. The smallest absolute Gasteiger partial charge is 0.279 e.